The summed E-state index contributed by atoms with van der Waals surface area (Å²) >= 11 is 1.70. The van der Waals surface area contributed by atoms with Crippen LogP contribution >= 0.6 is 11.8 Å². The fourth-order valence-corrected chi connectivity index (χ4v) is 5.23. The van der Waals surface area contributed by atoms with Gasteiger partial charge in [0, 0.05) is 41.9 Å². The van der Waals surface area contributed by atoms with Gasteiger partial charge in [0.05, 0.1) is 38.1 Å². The van der Waals surface area contributed by atoms with Crippen LogP contribution in [0.2, 0.25) is 0 Å². The van der Waals surface area contributed by atoms with Crippen LogP contribution in [-0.4, -0.2) is 55.2 Å². The van der Waals surface area contributed by atoms with E-state index in [1.54, 1.807) is 51.1 Å². The lowest BCUT2D eigenvalue weighted by atomic mass is 9.94. The maximum Gasteiger partial charge on any atom is 0.338 e. The average Bonchev–Trinajstić information content (AvgIpc) is 2.88. The van der Waals surface area contributed by atoms with Crippen LogP contribution in [0.1, 0.15) is 31.9 Å². The summed E-state index contributed by atoms with van der Waals surface area (Å²) in [6.45, 7) is 4.75. The fourth-order valence-electron chi connectivity index (χ4n) is 4.21. The Kier molecular flexibility index (Phi) is 8.04. The number of nitrogens with zero attached hydrogens (tertiary/aromatic N) is 2. The topological polar surface area (TPSA) is 101 Å². The van der Waals surface area contributed by atoms with Crippen molar-refractivity contribution in [2.24, 2.45) is 4.99 Å². The lowest BCUT2D eigenvalue weighted by molar-refractivity contribution is -0.139. The second kappa shape index (κ2) is 11.4. The number of nitrogens with one attached hydrogen (secondary N) is 2. The van der Waals surface area contributed by atoms with Gasteiger partial charge >= 0.3 is 12.0 Å². The standard InChI is InChI=1S/C26H30N4O5S/c1-5-35-24(31)22-16(2)27-26-30(11-6-12-36-26)23(22)17-7-9-18(10-8-17)28-25(32)29-19-13-20(33-3)15-21(14-19)34-4/h7-10,13-15,23H,5-6,11-12H2,1-4H3,(H2,28,29,32). The van der Waals surface area contributed by atoms with Crippen LogP contribution in [0.25, 0.3) is 0 Å². The molecule has 0 saturated carbocycles. The maximum atomic E-state index is 12.9. The van der Waals surface area contributed by atoms with E-state index in [4.69, 9.17) is 14.2 Å². The molecule has 2 aliphatic heterocycles. The number of urea groups is 1. The predicted octanol–water partition coefficient (Wildman–Crippen LogP) is 5.03. The number of hydrogen-bond donors (Lipinski definition) is 2. The normalized spacial score (nSPS) is 17.1. The summed E-state index contributed by atoms with van der Waals surface area (Å²) in [5, 5.41) is 6.55. The van der Waals surface area contributed by atoms with Crippen LogP contribution in [0, 0.1) is 0 Å². The molecule has 2 aromatic carbocycles. The molecule has 9 nitrogen and oxygen atoms in total. The third kappa shape index (κ3) is 5.59. The zero-order chi connectivity index (χ0) is 25.7. The average molecular weight is 511 g/mol. The molecule has 2 heterocycles. The zero-order valence-corrected chi connectivity index (χ0v) is 21.6. The molecule has 0 aromatic heterocycles. The first-order valence-electron chi connectivity index (χ1n) is 11.7. The first-order valence-corrected chi connectivity index (χ1v) is 12.7. The van der Waals surface area contributed by atoms with Crippen LogP contribution in [0.15, 0.2) is 58.7 Å². The quantitative estimate of drug-likeness (QED) is 0.504. The summed E-state index contributed by atoms with van der Waals surface area (Å²) in [6, 6.07) is 11.9. The van der Waals surface area contributed by atoms with E-state index in [2.05, 4.69) is 20.5 Å². The highest BCUT2D eigenvalue weighted by atomic mass is 32.2. The van der Waals surface area contributed by atoms with Crippen LogP contribution in [-0.2, 0) is 9.53 Å². The van der Waals surface area contributed by atoms with Gasteiger partial charge in [-0.3, -0.25) is 0 Å². The summed E-state index contributed by atoms with van der Waals surface area (Å²) in [7, 11) is 3.10. The van der Waals surface area contributed by atoms with E-state index in [1.165, 1.54) is 0 Å². The number of amidine groups is 1. The minimum absolute atomic E-state index is 0.295. The van der Waals surface area contributed by atoms with Gasteiger partial charge in [0.2, 0.25) is 0 Å². The molecule has 1 atom stereocenters. The van der Waals surface area contributed by atoms with Gasteiger partial charge in [-0.15, -0.1) is 0 Å². The molecule has 2 N–H and O–H groups in total. The number of esters is 1. The van der Waals surface area contributed by atoms with Gasteiger partial charge in [0.1, 0.15) is 11.5 Å². The number of aliphatic imine (C=N–C) groups is 1. The molecule has 4 rings (SSSR count). The number of methoxy groups -OCH3 is 2. The molecule has 36 heavy (non-hydrogen) atoms. The van der Waals surface area contributed by atoms with Crippen LogP contribution in [0.3, 0.4) is 0 Å². The molecule has 0 spiro atoms. The minimum atomic E-state index is -0.402. The summed E-state index contributed by atoms with van der Waals surface area (Å²) in [4.78, 5) is 32.3. The number of thioether (sulfide) groups is 1. The Hall–Kier alpha value is -3.66. The number of ether oxygens (including phenoxy) is 3. The number of allylic oxidation sites excluding steroid dienone is 1. The molecule has 2 aromatic rings. The number of anilines is 2. The number of carbonyl (C=O) groups excluding carboxylic acids is 2. The molecule has 0 bridgehead atoms. The summed E-state index contributed by atoms with van der Waals surface area (Å²) in [6.07, 6.45) is 1.00. The largest absolute Gasteiger partial charge is 0.497 e. The number of rotatable bonds is 7. The van der Waals surface area contributed by atoms with Gasteiger partial charge in [-0.25, -0.2) is 14.6 Å². The molecular weight excluding hydrogens is 480 g/mol. The van der Waals surface area contributed by atoms with Crippen molar-refractivity contribution < 1.29 is 23.8 Å². The Morgan fingerprint density at radius 1 is 1.06 bits per heavy atom. The minimum Gasteiger partial charge on any atom is -0.497 e. The first kappa shape index (κ1) is 25.4. The van der Waals surface area contributed by atoms with Crippen molar-refractivity contribution in [2.45, 2.75) is 26.3 Å². The van der Waals surface area contributed by atoms with E-state index >= 15 is 0 Å². The molecule has 1 saturated heterocycles. The molecule has 1 fully saturated rings. The third-order valence-corrected chi connectivity index (χ3v) is 6.92. The smallest absolute Gasteiger partial charge is 0.338 e. The van der Waals surface area contributed by atoms with Crippen molar-refractivity contribution in [3.63, 3.8) is 0 Å². The molecule has 10 heteroatoms. The summed E-state index contributed by atoms with van der Waals surface area (Å²) in [5.74, 6) is 1.79. The molecule has 190 valence electrons. The summed E-state index contributed by atoms with van der Waals surface area (Å²) in [5.41, 5.74) is 3.30. The van der Waals surface area contributed by atoms with Gasteiger partial charge in [-0.2, -0.15) is 0 Å². The Morgan fingerprint density at radius 2 is 1.72 bits per heavy atom. The van der Waals surface area contributed by atoms with E-state index in [9.17, 15) is 9.59 Å². The van der Waals surface area contributed by atoms with Crippen LogP contribution in [0.5, 0.6) is 11.5 Å². The molecule has 1 unspecified atom stereocenters. The Bertz CT molecular complexity index is 1170. The van der Waals surface area contributed by atoms with E-state index < -0.39 is 6.03 Å². The molecule has 2 aliphatic rings. The van der Waals surface area contributed by atoms with Crippen molar-refractivity contribution in [1.29, 1.82) is 0 Å². The van der Waals surface area contributed by atoms with Crippen LogP contribution in [0.4, 0.5) is 16.2 Å². The van der Waals surface area contributed by atoms with E-state index in [-0.39, 0.29) is 12.0 Å². The Balaban J connectivity index is 1.53. The zero-order valence-electron chi connectivity index (χ0n) is 20.8. The van der Waals surface area contributed by atoms with Crippen LogP contribution < -0.4 is 20.1 Å². The highest BCUT2D eigenvalue weighted by molar-refractivity contribution is 8.13. The van der Waals surface area contributed by atoms with Crippen molar-refractivity contribution in [3.05, 3.63) is 59.3 Å². The number of amides is 2. The van der Waals surface area contributed by atoms with E-state index in [0.29, 0.717) is 40.8 Å². The molecule has 2 amide bonds. The number of carbonyl (C=O) groups is 2. The summed E-state index contributed by atoms with van der Waals surface area (Å²) < 4.78 is 15.9. The second-order valence-electron chi connectivity index (χ2n) is 8.21. The van der Waals surface area contributed by atoms with Crippen molar-refractivity contribution in [1.82, 2.24) is 4.90 Å². The van der Waals surface area contributed by atoms with Gasteiger partial charge in [0.25, 0.3) is 0 Å². The number of hydrogen-bond acceptors (Lipinski definition) is 8. The van der Waals surface area contributed by atoms with Crippen molar-refractivity contribution in [2.75, 3.05) is 43.8 Å². The maximum absolute atomic E-state index is 12.9. The van der Waals surface area contributed by atoms with Gasteiger partial charge < -0.3 is 29.7 Å². The lowest BCUT2D eigenvalue weighted by Gasteiger charge is -2.40. The monoisotopic (exact) mass is 510 g/mol. The highest BCUT2D eigenvalue weighted by Crippen LogP contribution is 2.40. The molecule has 0 radical (unpaired) electrons. The Morgan fingerprint density at radius 3 is 2.36 bits per heavy atom. The highest BCUT2D eigenvalue weighted by Gasteiger charge is 2.37. The predicted molar refractivity (Wildman–Crippen MR) is 142 cm³/mol. The number of fused-ring (bicyclic) bond motifs is 1. The Labute approximate surface area is 214 Å². The van der Waals surface area contributed by atoms with Gasteiger partial charge in [0.15, 0.2) is 5.17 Å². The van der Waals surface area contributed by atoms with Crippen molar-refractivity contribution in [3.8, 4) is 11.5 Å². The van der Waals surface area contributed by atoms with Gasteiger partial charge in [-0.1, -0.05) is 23.9 Å². The van der Waals surface area contributed by atoms with Crippen molar-refractivity contribution >= 4 is 40.3 Å². The van der Waals surface area contributed by atoms with Gasteiger partial charge in [-0.05, 0) is 38.0 Å². The number of benzene rings is 2. The lowest BCUT2D eigenvalue weighted by Crippen LogP contribution is -2.42. The third-order valence-electron chi connectivity index (χ3n) is 5.85. The second-order valence-corrected chi connectivity index (χ2v) is 9.28. The van der Waals surface area contributed by atoms with E-state index in [0.717, 1.165) is 29.4 Å². The first-order chi connectivity index (χ1) is 17.4. The molecular formula is C26H30N4O5S. The fraction of sp³-hybridized carbons (Fsp3) is 0.346. The van der Waals surface area contributed by atoms with E-state index in [1.807, 2.05) is 31.2 Å². The SMILES string of the molecule is CCOC(=O)C1=C(C)N=C2SCCCN2C1c1ccc(NC(=O)Nc2cc(OC)cc(OC)c2)cc1. The molecule has 0 aliphatic carbocycles.